The van der Waals surface area contributed by atoms with Crippen LogP contribution in [0.25, 0.3) is 0 Å². The van der Waals surface area contributed by atoms with Gasteiger partial charge in [0.25, 0.3) is 0 Å². The Labute approximate surface area is 128 Å². The molecule has 1 aromatic heterocycles. The fourth-order valence-electron chi connectivity index (χ4n) is 2.31. The summed E-state index contributed by atoms with van der Waals surface area (Å²) in [6.45, 7) is 6.21. The highest BCUT2D eigenvalue weighted by atomic mass is 32.2. The van der Waals surface area contributed by atoms with E-state index in [-0.39, 0.29) is 12.1 Å². The Bertz CT molecular complexity index is 513. The van der Waals surface area contributed by atoms with Crippen LogP contribution in [0, 0.1) is 0 Å². The van der Waals surface area contributed by atoms with Crippen LogP contribution in [0.1, 0.15) is 33.6 Å². The molecule has 0 unspecified atom stereocenters. The van der Waals surface area contributed by atoms with E-state index in [2.05, 4.69) is 4.98 Å². The second-order valence-electron chi connectivity index (χ2n) is 6.15. The predicted molar refractivity (Wildman–Crippen MR) is 81.5 cm³/mol. The Balaban J connectivity index is 1.99. The van der Waals surface area contributed by atoms with E-state index in [1.807, 2.05) is 26.8 Å². The van der Waals surface area contributed by atoms with E-state index < -0.39 is 16.4 Å². The average molecular weight is 310 g/mol. The zero-order valence-electron chi connectivity index (χ0n) is 12.7. The normalized spacial score (nSPS) is 20.3. The third-order valence-electron chi connectivity index (χ3n) is 3.22. The minimum Gasteiger partial charge on any atom is -0.444 e. The topological polar surface area (TPSA) is 59.5 Å². The number of rotatable bonds is 3. The molecule has 0 aliphatic carbocycles. The smallest absolute Gasteiger partial charge is 0.410 e. The summed E-state index contributed by atoms with van der Waals surface area (Å²) in [5.41, 5.74) is -0.510. The third kappa shape index (κ3) is 4.52. The lowest BCUT2D eigenvalue weighted by Crippen LogP contribution is -2.42. The highest BCUT2D eigenvalue weighted by Crippen LogP contribution is 2.22. The van der Waals surface area contributed by atoms with Gasteiger partial charge >= 0.3 is 6.09 Å². The van der Waals surface area contributed by atoms with Gasteiger partial charge in [-0.1, -0.05) is 6.07 Å². The maximum absolute atomic E-state index is 12.3. The number of ether oxygens (including phenoxy) is 1. The van der Waals surface area contributed by atoms with Crippen molar-refractivity contribution in [1.29, 1.82) is 0 Å². The van der Waals surface area contributed by atoms with Gasteiger partial charge in [-0.2, -0.15) is 0 Å². The number of pyridine rings is 1. The number of amides is 1. The van der Waals surface area contributed by atoms with E-state index in [9.17, 15) is 9.00 Å². The molecule has 0 aromatic carbocycles. The van der Waals surface area contributed by atoms with Crippen LogP contribution in [0.3, 0.4) is 0 Å². The molecule has 5 nitrogen and oxygen atoms in total. The molecular formula is C15H22N2O3S. The van der Waals surface area contributed by atoms with Gasteiger partial charge in [0.2, 0.25) is 0 Å². The lowest BCUT2D eigenvalue weighted by molar-refractivity contribution is 0.0241. The van der Waals surface area contributed by atoms with Crippen molar-refractivity contribution in [2.45, 2.75) is 50.3 Å². The van der Waals surface area contributed by atoms with E-state index in [4.69, 9.17) is 4.74 Å². The largest absolute Gasteiger partial charge is 0.444 e. The van der Waals surface area contributed by atoms with Gasteiger partial charge in [-0.05, 0) is 45.7 Å². The number of nitrogens with zero attached hydrogens (tertiary/aromatic N) is 2. The van der Waals surface area contributed by atoms with Crippen molar-refractivity contribution in [3.8, 4) is 0 Å². The monoisotopic (exact) mass is 310 g/mol. The van der Waals surface area contributed by atoms with Gasteiger partial charge in [0.05, 0.1) is 16.6 Å². The second-order valence-corrected chi connectivity index (χ2v) is 7.59. The molecule has 1 aliphatic heterocycles. The molecule has 1 amide bonds. The van der Waals surface area contributed by atoms with E-state index in [1.54, 1.807) is 23.2 Å². The van der Waals surface area contributed by atoms with Crippen molar-refractivity contribution >= 4 is 16.9 Å². The molecule has 1 aliphatic rings. The quantitative estimate of drug-likeness (QED) is 0.861. The Kier molecular flexibility index (Phi) is 4.98. The van der Waals surface area contributed by atoms with Crippen molar-refractivity contribution < 1.29 is 13.7 Å². The Hall–Kier alpha value is -1.43. The van der Waals surface area contributed by atoms with Gasteiger partial charge < -0.3 is 9.64 Å². The third-order valence-corrected chi connectivity index (χ3v) is 4.62. The van der Waals surface area contributed by atoms with Gasteiger partial charge in [-0.15, -0.1) is 0 Å². The Morgan fingerprint density at radius 3 is 2.86 bits per heavy atom. The summed E-state index contributed by atoms with van der Waals surface area (Å²) >= 11 is 0. The fourth-order valence-corrected chi connectivity index (χ4v) is 3.59. The zero-order chi connectivity index (χ0) is 15.5. The number of aromatic nitrogens is 1. The Morgan fingerprint density at radius 2 is 2.24 bits per heavy atom. The maximum Gasteiger partial charge on any atom is 0.410 e. The highest BCUT2D eigenvalue weighted by Gasteiger charge is 2.33. The van der Waals surface area contributed by atoms with Crippen LogP contribution in [0.5, 0.6) is 0 Å². The van der Waals surface area contributed by atoms with Gasteiger partial charge in [0, 0.05) is 18.8 Å². The van der Waals surface area contributed by atoms with E-state index in [1.165, 1.54) is 0 Å². The van der Waals surface area contributed by atoms with Crippen molar-refractivity contribution in [2.24, 2.45) is 0 Å². The lowest BCUT2D eigenvalue weighted by Gasteiger charge is -2.28. The van der Waals surface area contributed by atoms with Gasteiger partial charge in [-0.3, -0.25) is 4.21 Å². The molecule has 0 radical (unpaired) electrons. The summed E-state index contributed by atoms with van der Waals surface area (Å²) in [7, 11) is -1.19. The van der Waals surface area contributed by atoms with Crippen LogP contribution in [-0.4, -0.2) is 44.1 Å². The highest BCUT2D eigenvalue weighted by molar-refractivity contribution is 7.85. The number of carbonyl (C=O) groups excluding carboxylic acids is 1. The average Bonchev–Trinajstić information content (AvgIpc) is 2.86. The van der Waals surface area contributed by atoms with Gasteiger partial charge in [-0.25, -0.2) is 9.78 Å². The molecule has 1 saturated heterocycles. The van der Waals surface area contributed by atoms with Crippen molar-refractivity contribution in [3.63, 3.8) is 0 Å². The molecule has 6 heteroatoms. The molecule has 2 heterocycles. The molecule has 116 valence electrons. The first-order chi connectivity index (χ1) is 9.87. The summed E-state index contributed by atoms with van der Waals surface area (Å²) in [4.78, 5) is 18.0. The Morgan fingerprint density at radius 1 is 1.48 bits per heavy atom. The van der Waals surface area contributed by atoms with Crippen LogP contribution < -0.4 is 0 Å². The first-order valence-electron chi connectivity index (χ1n) is 7.16. The standard InChI is InChI=1S/C15H22N2O3S/c1-15(2,3)20-14(18)17-10-6-7-12(17)11-21(19)13-8-4-5-9-16-13/h4-5,8-9,12H,6-7,10-11H2,1-3H3/t12-,21-/m1/s1. The summed E-state index contributed by atoms with van der Waals surface area (Å²) in [5, 5.41) is 0.563. The second kappa shape index (κ2) is 6.56. The fraction of sp³-hybridized carbons (Fsp3) is 0.600. The first kappa shape index (κ1) is 15.9. The van der Waals surface area contributed by atoms with Crippen LogP contribution in [0.15, 0.2) is 29.4 Å². The van der Waals surface area contributed by atoms with Crippen molar-refractivity contribution in [2.75, 3.05) is 12.3 Å². The number of hydrogen-bond donors (Lipinski definition) is 0. The molecule has 1 fully saturated rings. The van der Waals surface area contributed by atoms with Crippen LogP contribution in [-0.2, 0) is 15.5 Å². The predicted octanol–water partition coefficient (Wildman–Crippen LogP) is 2.59. The summed E-state index contributed by atoms with van der Waals surface area (Å²) < 4.78 is 17.7. The first-order valence-corrected chi connectivity index (χ1v) is 8.48. The van der Waals surface area contributed by atoms with E-state index >= 15 is 0 Å². The van der Waals surface area contributed by atoms with Crippen molar-refractivity contribution in [3.05, 3.63) is 24.4 Å². The number of hydrogen-bond acceptors (Lipinski definition) is 4. The van der Waals surface area contributed by atoms with Gasteiger partial charge in [0.15, 0.2) is 0 Å². The molecule has 0 saturated carbocycles. The molecule has 2 rings (SSSR count). The van der Waals surface area contributed by atoms with Gasteiger partial charge in [0.1, 0.15) is 10.6 Å². The number of likely N-dealkylation sites (tertiary alicyclic amines) is 1. The molecule has 21 heavy (non-hydrogen) atoms. The van der Waals surface area contributed by atoms with E-state index in [0.29, 0.717) is 17.3 Å². The molecular weight excluding hydrogens is 288 g/mol. The number of carbonyl (C=O) groups is 1. The minimum absolute atomic E-state index is 0.0392. The van der Waals surface area contributed by atoms with E-state index in [0.717, 1.165) is 12.8 Å². The maximum atomic E-state index is 12.3. The summed E-state index contributed by atoms with van der Waals surface area (Å²) in [6.07, 6.45) is 3.09. The zero-order valence-corrected chi connectivity index (χ0v) is 13.6. The SMILES string of the molecule is CC(C)(C)OC(=O)N1CCC[C@@H]1C[S@@](=O)c1ccccn1. The molecule has 0 bridgehead atoms. The molecule has 0 spiro atoms. The van der Waals surface area contributed by atoms with Crippen molar-refractivity contribution in [1.82, 2.24) is 9.88 Å². The molecule has 0 N–H and O–H groups in total. The molecule has 2 atom stereocenters. The molecule has 1 aromatic rings. The summed E-state index contributed by atoms with van der Waals surface area (Å²) in [5.74, 6) is 0.413. The minimum atomic E-state index is -1.19. The lowest BCUT2D eigenvalue weighted by atomic mass is 10.2. The van der Waals surface area contributed by atoms with Crippen LogP contribution in [0.4, 0.5) is 4.79 Å². The summed E-state index contributed by atoms with van der Waals surface area (Å²) in [6, 6.07) is 5.33. The van der Waals surface area contributed by atoms with Crippen LogP contribution >= 0.6 is 0 Å². The van der Waals surface area contributed by atoms with Crippen LogP contribution in [0.2, 0.25) is 0 Å².